The molecule has 0 aromatic heterocycles. The molecule has 2 rings (SSSR count). The lowest BCUT2D eigenvalue weighted by Gasteiger charge is -2.17. The Morgan fingerprint density at radius 2 is 2.05 bits per heavy atom. The Bertz CT molecular complexity index is 449. The van der Waals surface area contributed by atoms with E-state index in [9.17, 15) is 20.3 Å². The number of nitrogens with one attached hydrogen (secondary N) is 1. The van der Waals surface area contributed by atoms with Gasteiger partial charge in [0.15, 0.2) is 0 Å². The molecule has 0 radical (unpaired) electrons. The summed E-state index contributed by atoms with van der Waals surface area (Å²) in [6.45, 7) is 1.06. The Morgan fingerprint density at radius 1 is 1.35 bits per heavy atom. The average molecular weight is 280 g/mol. The summed E-state index contributed by atoms with van der Waals surface area (Å²) in [6.07, 6.45) is 1.99. The van der Waals surface area contributed by atoms with Crippen molar-refractivity contribution in [2.45, 2.75) is 31.5 Å². The summed E-state index contributed by atoms with van der Waals surface area (Å²) in [5.74, 6) is 0.263. The third-order valence-electron chi connectivity index (χ3n) is 3.85. The molecule has 20 heavy (non-hydrogen) atoms. The summed E-state index contributed by atoms with van der Waals surface area (Å²) in [7, 11) is 0. The molecule has 1 saturated carbocycles. The van der Waals surface area contributed by atoms with Gasteiger partial charge >= 0.3 is 0 Å². The zero-order chi connectivity index (χ0) is 14.5. The van der Waals surface area contributed by atoms with Gasteiger partial charge in [-0.2, -0.15) is 0 Å². The van der Waals surface area contributed by atoms with Crippen molar-refractivity contribution in [1.82, 2.24) is 5.32 Å². The maximum absolute atomic E-state index is 10.5. The molecule has 6 heteroatoms. The van der Waals surface area contributed by atoms with Crippen LogP contribution in [-0.2, 0) is 0 Å². The highest BCUT2D eigenvalue weighted by atomic mass is 16.6. The van der Waals surface area contributed by atoms with Gasteiger partial charge in [-0.1, -0.05) is 6.42 Å². The maximum Gasteiger partial charge on any atom is 0.269 e. The molecule has 3 atom stereocenters. The fraction of sp³-hybridized carbons (Fsp3) is 0.571. The number of hydrogen-bond donors (Lipinski definition) is 3. The molecule has 0 amide bonds. The average Bonchev–Trinajstić information content (AvgIpc) is 2.84. The number of benzene rings is 1. The predicted octanol–water partition coefficient (Wildman–Crippen LogP) is 1.38. The molecule has 0 saturated heterocycles. The van der Waals surface area contributed by atoms with Crippen LogP contribution in [0.3, 0.4) is 0 Å². The monoisotopic (exact) mass is 280 g/mol. The molecule has 1 aromatic carbocycles. The van der Waals surface area contributed by atoms with Crippen molar-refractivity contribution >= 4 is 5.69 Å². The molecule has 0 bridgehead atoms. The van der Waals surface area contributed by atoms with Crippen molar-refractivity contribution in [2.75, 3.05) is 13.1 Å². The van der Waals surface area contributed by atoms with Crippen LogP contribution in [0.4, 0.5) is 5.69 Å². The highest BCUT2D eigenvalue weighted by Gasteiger charge is 2.24. The van der Waals surface area contributed by atoms with Crippen LogP contribution in [0, 0.1) is 16.0 Å². The molecule has 6 nitrogen and oxygen atoms in total. The van der Waals surface area contributed by atoms with Crippen molar-refractivity contribution in [3.63, 3.8) is 0 Å². The zero-order valence-electron chi connectivity index (χ0n) is 11.2. The molecule has 1 fully saturated rings. The lowest BCUT2D eigenvalue weighted by Crippen LogP contribution is -2.30. The van der Waals surface area contributed by atoms with Crippen LogP contribution in [0.15, 0.2) is 24.3 Å². The second-order valence-corrected chi connectivity index (χ2v) is 5.28. The summed E-state index contributed by atoms with van der Waals surface area (Å²) in [4.78, 5) is 10.1. The van der Waals surface area contributed by atoms with Crippen molar-refractivity contribution in [3.8, 4) is 0 Å². The fourth-order valence-corrected chi connectivity index (χ4v) is 2.60. The van der Waals surface area contributed by atoms with Gasteiger partial charge in [0.2, 0.25) is 0 Å². The van der Waals surface area contributed by atoms with Gasteiger partial charge in [-0.15, -0.1) is 0 Å². The first-order valence-electron chi connectivity index (χ1n) is 6.89. The Kier molecular flexibility index (Phi) is 5.05. The van der Waals surface area contributed by atoms with Crippen LogP contribution >= 0.6 is 0 Å². The van der Waals surface area contributed by atoms with Crippen molar-refractivity contribution < 1.29 is 15.1 Å². The van der Waals surface area contributed by atoms with Crippen LogP contribution in [0.2, 0.25) is 0 Å². The zero-order valence-corrected chi connectivity index (χ0v) is 11.2. The van der Waals surface area contributed by atoms with Crippen molar-refractivity contribution in [3.05, 3.63) is 39.9 Å². The fourth-order valence-electron chi connectivity index (χ4n) is 2.60. The Morgan fingerprint density at radius 3 is 2.60 bits per heavy atom. The quantitative estimate of drug-likeness (QED) is 0.540. The summed E-state index contributed by atoms with van der Waals surface area (Å²) >= 11 is 0. The largest absolute Gasteiger partial charge is 0.393 e. The Hall–Kier alpha value is -1.50. The van der Waals surface area contributed by atoms with Gasteiger partial charge in [0.1, 0.15) is 0 Å². The number of nitrogens with zero attached hydrogens (tertiary/aromatic N) is 1. The minimum Gasteiger partial charge on any atom is -0.393 e. The van der Waals surface area contributed by atoms with Gasteiger partial charge < -0.3 is 15.5 Å². The highest BCUT2D eigenvalue weighted by Crippen LogP contribution is 2.25. The maximum atomic E-state index is 10.5. The molecule has 0 spiro atoms. The van der Waals surface area contributed by atoms with Gasteiger partial charge in [-0.25, -0.2) is 0 Å². The lowest BCUT2D eigenvalue weighted by molar-refractivity contribution is -0.384. The van der Waals surface area contributed by atoms with E-state index in [0.29, 0.717) is 18.7 Å². The standard InChI is InChI=1S/C14H20N2O4/c17-13-3-1-2-11(13)8-15-9-14(18)10-4-6-12(7-5-10)16(19)20/h4-7,11,13-15,17-18H,1-3,8-9H2. The topological polar surface area (TPSA) is 95.6 Å². The van der Waals surface area contributed by atoms with Crippen LogP contribution in [-0.4, -0.2) is 34.3 Å². The summed E-state index contributed by atoms with van der Waals surface area (Å²) in [5, 5.41) is 33.4. The smallest absolute Gasteiger partial charge is 0.269 e. The van der Waals surface area contributed by atoms with Crippen LogP contribution in [0.5, 0.6) is 0 Å². The number of nitro groups is 1. The number of non-ortho nitro benzene ring substituents is 1. The predicted molar refractivity (Wildman–Crippen MR) is 74.3 cm³/mol. The molecule has 1 aliphatic rings. The van der Waals surface area contributed by atoms with Gasteiger partial charge in [-0.05, 0) is 36.5 Å². The molecule has 0 aliphatic heterocycles. The summed E-state index contributed by atoms with van der Waals surface area (Å²) in [5.41, 5.74) is 0.665. The number of aliphatic hydroxyl groups is 2. The van der Waals surface area contributed by atoms with E-state index >= 15 is 0 Å². The van der Waals surface area contributed by atoms with E-state index in [1.807, 2.05) is 0 Å². The number of rotatable bonds is 6. The SMILES string of the molecule is O=[N+]([O-])c1ccc(C(O)CNCC2CCCC2O)cc1. The lowest BCUT2D eigenvalue weighted by atomic mass is 10.1. The number of nitro benzene ring substituents is 1. The van der Waals surface area contributed by atoms with Gasteiger partial charge in [0, 0.05) is 25.2 Å². The van der Waals surface area contributed by atoms with Gasteiger partial charge in [0.05, 0.1) is 17.1 Å². The molecule has 3 N–H and O–H groups in total. The molecule has 0 heterocycles. The van der Waals surface area contributed by atoms with Crippen LogP contribution < -0.4 is 5.32 Å². The van der Waals surface area contributed by atoms with Gasteiger partial charge in [0.25, 0.3) is 5.69 Å². The number of hydrogen-bond acceptors (Lipinski definition) is 5. The van der Waals surface area contributed by atoms with E-state index < -0.39 is 11.0 Å². The van der Waals surface area contributed by atoms with E-state index in [4.69, 9.17) is 0 Å². The van der Waals surface area contributed by atoms with Crippen molar-refractivity contribution in [2.24, 2.45) is 5.92 Å². The first-order chi connectivity index (χ1) is 9.58. The van der Waals surface area contributed by atoms with Crippen LogP contribution in [0.25, 0.3) is 0 Å². The molecule has 1 aromatic rings. The second-order valence-electron chi connectivity index (χ2n) is 5.28. The van der Waals surface area contributed by atoms with E-state index in [2.05, 4.69) is 5.32 Å². The third kappa shape index (κ3) is 3.75. The minimum absolute atomic E-state index is 0.0167. The second kappa shape index (κ2) is 6.78. The highest BCUT2D eigenvalue weighted by molar-refractivity contribution is 5.33. The van der Waals surface area contributed by atoms with E-state index in [1.54, 1.807) is 12.1 Å². The van der Waals surface area contributed by atoms with Crippen molar-refractivity contribution in [1.29, 1.82) is 0 Å². The Labute approximate surface area is 117 Å². The van der Waals surface area contributed by atoms with Crippen LogP contribution in [0.1, 0.15) is 30.9 Å². The molecular formula is C14H20N2O4. The third-order valence-corrected chi connectivity index (χ3v) is 3.85. The van der Waals surface area contributed by atoms with E-state index in [-0.39, 0.29) is 17.7 Å². The van der Waals surface area contributed by atoms with E-state index in [0.717, 1.165) is 19.3 Å². The first-order valence-corrected chi connectivity index (χ1v) is 6.89. The molecule has 1 aliphatic carbocycles. The van der Waals surface area contributed by atoms with E-state index in [1.165, 1.54) is 12.1 Å². The number of aliphatic hydroxyl groups excluding tert-OH is 2. The molecular weight excluding hydrogens is 260 g/mol. The van der Waals surface area contributed by atoms with Gasteiger partial charge in [-0.3, -0.25) is 10.1 Å². The minimum atomic E-state index is -0.700. The first kappa shape index (κ1) is 14.9. The summed E-state index contributed by atoms with van der Waals surface area (Å²) < 4.78 is 0. The Balaban J connectivity index is 1.79. The summed E-state index contributed by atoms with van der Waals surface area (Å²) in [6, 6.07) is 5.91. The molecule has 110 valence electrons. The molecule has 3 unspecified atom stereocenters. The normalized spacial score (nSPS) is 23.7.